The maximum absolute atomic E-state index is 2.89. The molecule has 0 nitrogen and oxygen atoms in total. The largest absolute Gasteiger partial charge is 4.00 e. The van der Waals surface area contributed by atoms with Crippen molar-refractivity contribution in [3.8, 4) is 0 Å². The molecule has 0 aliphatic heterocycles. The van der Waals surface area contributed by atoms with E-state index < -0.39 is 0 Å². The van der Waals surface area contributed by atoms with Crippen molar-refractivity contribution in [2.24, 2.45) is 0 Å². The summed E-state index contributed by atoms with van der Waals surface area (Å²) in [5, 5.41) is 0. The second-order valence-corrected chi connectivity index (χ2v) is 4.69. The average Bonchev–Trinajstić information content (AvgIpc) is 3.18. The Morgan fingerprint density at radius 2 is 0.720 bits per heavy atom. The molecule has 25 heavy (non-hydrogen) atoms. The van der Waals surface area contributed by atoms with Crippen LogP contribution in [0.15, 0.2) is 115 Å². The van der Waals surface area contributed by atoms with Crippen molar-refractivity contribution < 1.29 is 21.1 Å². The van der Waals surface area contributed by atoms with Gasteiger partial charge >= 0.3 is 21.1 Å². The van der Waals surface area contributed by atoms with Crippen molar-refractivity contribution in [2.75, 3.05) is 0 Å². The fourth-order valence-electron chi connectivity index (χ4n) is 1.50. The van der Waals surface area contributed by atoms with Crippen LogP contribution in [0.3, 0.4) is 0 Å². The zero-order valence-corrected chi connectivity index (χ0v) is 16.6. The van der Waals surface area contributed by atoms with E-state index in [0.717, 1.165) is 0 Å². The zero-order chi connectivity index (χ0) is 17.1. The van der Waals surface area contributed by atoms with Gasteiger partial charge < -0.3 is 0 Å². The van der Waals surface area contributed by atoms with Crippen LogP contribution in [0.1, 0.15) is 5.56 Å². The van der Waals surface area contributed by atoms with Gasteiger partial charge in [0.1, 0.15) is 0 Å². The van der Waals surface area contributed by atoms with E-state index >= 15 is 0 Å². The van der Waals surface area contributed by atoms with E-state index in [4.69, 9.17) is 0 Å². The third-order valence-electron chi connectivity index (χ3n) is 2.65. The van der Waals surface area contributed by atoms with Gasteiger partial charge in [-0.15, -0.1) is 0 Å². The number of aryl methyl sites for hydroxylation is 1. The summed E-state index contributed by atoms with van der Waals surface area (Å²) in [5.74, 6) is 0. The van der Waals surface area contributed by atoms with Crippen LogP contribution in [0.2, 0.25) is 0 Å². The molecule has 0 spiro atoms. The smallest absolute Gasteiger partial charge is 0.213 e. The summed E-state index contributed by atoms with van der Waals surface area (Å²) in [6, 6.07) is 45.7. The van der Waals surface area contributed by atoms with Gasteiger partial charge in [-0.1, -0.05) is 6.92 Å². The van der Waals surface area contributed by atoms with Crippen LogP contribution in [0.25, 0.3) is 0 Å². The van der Waals surface area contributed by atoms with Crippen molar-refractivity contribution in [1.82, 2.24) is 0 Å². The third-order valence-corrected chi connectivity index (χ3v) is 2.65. The van der Waals surface area contributed by atoms with Crippen molar-refractivity contribution >= 4 is 0 Å². The number of benzene rings is 3. The Morgan fingerprint density at radius 1 is 0.440 bits per heavy atom. The maximum atomic E-state index is 2.89. The van der Waals surface area contributed by atoms with Crippen molar-refractivity contribution in [1.29, 1.82) is 0 Å². The van der Waals surface area contributed by atoms with E-state index in [9.17, 15) is 0 Å². The molecule has 0 fully saturated rings. The zero-order valence-electron chi connectivity index (χ0n) is 14.3. The standard InChI is InChI=1S/C6H7.3C6H5.Pt/c1-6-4-2-3-5-6;3*1-2-4-6-5-3-1;/h2-5H,1H3;3*1-5H;/q4*-1;+4. The van der Waals surface area contributed by atoms with Crippen LogP contribution in [0, 0.1) is 25.1 Å². The molecule has 0 saturated heterocycles. The molecule has 0 heterocycles. The van der Waals surface area contributed by atoms with Crippen LogP contribution >= 0.6 is 0 Å². The topological polar surface area (TPSA) is 0 Å². The summed E-state index contributed by atoms with van der Waals surface area (Å²) >= 11 is 0. The molecule has 0 N–H and O–H groups in total. The van der Waals surface area contributed by atoms with E-state index in [1.807, 2.05) is 103 Å². The predicted molar refractivity (Wildman–Crippen MR) is 103 cm³/mol. The molecule has 0 saturated carbocycles. The molecule has 0 amide bonds. The summed E-state index contributed by atoms with van der Waals surface area (Å²) in [7, 11) is 0. The first-order valence-corrected chi connectivity index (χ1v) is 7.81. The first kappa shape index (κ1) is 22.7. The van der Waals surface area contributed by atoms with Crippen molar-refractivity contribution in [2.45, 2.75) is 6.92 Å². The van der Waals surface area contributed by atoms with Gasteiger partial charge in [-0.05, 0) is 0 Å². The fraction of sp³-hybridized carbons (Fsp3) is 0.0417. The molecule has 0 bridgehead atoms. The minimum absolute atomic E-state index is 0. The third kappa shape index (κ3) is 16.3. The van der Waals surface area contributed by atoms with Gasteiger partial charge in [0.25, 0.3) is 0 Å². The van der Waals surface area contributed by atoms with Gasteiger partial charge in [-0.3, -0.25) is 0 Å². The minimum Gasteiger partial charge on any atom is -0.213 e. The van der Waals surface area contributed by atoms with Crippen molar-refractivity contribution in [3.05, 3.63) is 139 Å². The van der Waals surface area contributed by atoms with Gasteiger partial charge in [-0.25, -0.2) is 12.1 Å². The Kier molecular flexibility index (Phi) is 16.4. The summed E-state index contributed by atoms with van der Waals surface area (Å²) in [5.41, 5.74) is 1.34. The molecule has 0 aromatic heterocycles. The maximum Gasteiger partial charge on any atom is 4.00 e. The Balaban J connectivity index is 0.000000303. The van der Waals surface area contributed by atoms with Gasteiger partial charge in [0, 0.05) is 0 Å². The Labute approximate surface area is 166 Å². The van der Waals surface area contributed by atoms with E-state index in [1.165, 1.54) is 5.56 Å². The quantitative estimate of drug-likeness (QED) is 0.251. The molecule has 0 atom stereocenters. The van der Waals surface area contributed by atoms with Crippen LogP contribution in [-0.4, -0.2) is 0 Å². The van der Waals surface area contributed by atoms with Crippen LogP contribution < -0.4 is 0 Å². The molecule has 4 rings (SSSR count). The Bertz CT molecular complexity index is 504. The summed E-state index contributed by atoms with van der Waals surface area (Å²) < 4.78 is 0. The normalized spacial score (nSPS) is 7.88. The Morgan fingerprint density at radius 3 is 0.800 bits per heavy atom. The van der Waals surface area contributed by atoms with Crippen LogP contribution in [0.5, 0.6) is 0 Å². The molecule has 4 aromatic rings. The molecule has 0 unspecified atom stereocenters. The molecule has 0 aliphatic rings. The SMILES string of the molecule is C[c-]1cccc1.[Pt+4].[c-]1ccccc1.[c-]1ccccc1.[c-]1ccccc1. The Hall–Kier alpha value is -2.30. The molecule has 0 radical (unpaired) electrons. The molecule has 0 aliphatic carbocycles. The first-order valence-electron chi connectivity index (χ1n) is 7.81. The van der Waals surface area contributed by atoms with Gasteiger partial charge in [0.2, 0.25) is 0 Å². The number of rotatable bonds is 0. The molecule has 1 heteroatoms. The van der Waals surface area contributed by atoms with Crippen molar-refractivity contribution in [3.63, 3.8) is 0 Å². The molecular formula is C24H22Pt. The molecule has 4 aromatic carbocycles. The van der Waals surface area contributed by atoms with Gasteiger partial charge in [0.15, 0.2) is 0 Å². The minimum atomic E-state index is 0. The van der Waals surface area contributed by atoms with Crippen LogP contribution in [0.4, 0.5) is 0 Å². The second kappa shape index (κ2) is 18.0. The fourth-order valence-corrected chi connectivity index (χ4v) is 1.50. The predicted octanol–water partition coefficient (Wildman–Crippen LogP) is 6.17. The summed E-state index contributed by atoms with van der Waals surface area (Å²) in [4.78, 5) is 0. The number of hydrogen-bond acceptors (Lipinski definition) is 0. The van der Waals surface area contributed by atoms with E-state index in [-0.39, 0.29) is 21.1 Å². The van der Waals surface area contributed by atoms with Gasteiger partial charge in [-0.2, -0.15) is 127 Å². The van der Waals surface area contributed by atoms with Gasteiger partial charge in [0.05, 0.1) is 0 Å². The summed E-state index contributed by atoms with van der Waals surface area (Å²) in [6.07, 6.45) is 0. The first-order chi connectivity index (χ1) is 11.9. The molecular weight excluding hydrogens is 483 g/mol. The van der Waals surface area contributed by atoms with Crippen LogP contribution in [-0.2, 0) is 21.1 Å². The van der Waals surface area contributed by atoms with E-state index in [0.29, 0.717) is 0 Å². The summed E-state index contributed by atoms with van der Waals surface area (Å²) in [6.45, 7) is 2.08. The molecule has 128 valence electrons. The van der Waals surface area contributed by atoms with E-state index in [2.05, 4.69) is 37.3 Å². The second-order valence-electron chi connectivity index (χ2n) is 4.69. The number of hydrogen-bond donors (Lipinski definition) is 0. The average molecular weight is 506 g/mol. The van der Waals surface area contributed by atoms with E-state index in [1.54, 1.807) is 0 Å². The monoisotopic (exact) mass is 505 g/mol.